The van der Waals surface area contributed by atoms with Gasteiger partial charge < -0.3 is 10.1 Å². The lowest BCUT2D eigenvalue weighted by atomic mass is 10.2. The molecule has 0 saturated carbocycles. The number of rotatable bonds is 6. The van der Waals surface area contributed by atoms with Crippen molar-refractivity contribution in [1.29, 1.82) is 0 Å². The van der Waals surface area contributed by atoms with E-state index >= 15 is 0 Å². The Hall–Kier alpha value is -2.50. The Morgan fingerprint density at radius 2 is 1.70 bits per heavy atom. The summed E-state index contributed by atoms with van der Waals surface area (Å²) in [5.41, 5.74) is 1.04. The molecule has 2 aromatic rings. The van der Waals surface area contributed by atoms with Gasteiger partial charge in [-0.05, 0) is 18.2 Å². The van der Waals surface area contributed by atoms with Gasteiger partial charge in [0.1, 0.15) is 11.5 Å². The molecule has 0 aromatic heterocycles. The Balaban J connectivity index is 2.14. The topological polar surface area (TPSA) is 21.3 Å². The quantitative estimate of drug-likeness (QED) is 0.490. The fourth-order valence-corrected chi connectivity index (χ4v) is 1.75. The highest BCUT2D eigenvalue weighted by Crippen LogP contribution is 2.20. The van der Waals surface area contributed by atoms with Gasteiger partial charge in [-0.25, -0.2) is 0 Å². The van der Waals surface area contributed by atoms with E-state index in [0.717, 1.165) is 17.1 Å². The minimum absolute atomic E-state index is 0.546. The fraction of sp³-hybridized carbons (Fsp3) is 0.111. The van der Waals surface area contributed by atoms with Gasteiger partial charge >= 0.3 is 0 Å². The van der Waals surface area contributed by atoms with E-state index < -0.39 is 0 Å². The first-order chi connectivity index (χ1) is 9.90. The standard InChI is InChI=1S/C18H17NO/c1-2-14-19-15-13-18(16-9-5-3-6-10-16)20-17-11-7-4-8-12-17/h1,3-13,19H,14-15H2. The van der Waals surface area contributed by atoms with E-state index in [-0.39, 0.29) is 0 Å². The highest BCUT2D eigenvalue weighted by molar-refractivity contribution is 5.62. The van der Waals surface area contributed by atoms with Crippen LogP contribution in [0.4, 0.5) is 0 Å². The largest absolute Gasteiger partial charge is 0.457 e. The van der Waals surface area contributed by atoms with Crippen LogP contribution in [0.3, 0.4) is 0 Å². The molecule has 0 aliphatic heterocycles. The summed E-state index contributed by atoms with van der Waals surface area (Å²) >= 11 is 0. The number of hydrogen-bond acceptors (Lipinski definition) is 2. The van der Waals surface area contributed by atoms with Gasteiger partial charge in [0, 0.05) is 12.1 Å². The Morgan fingerprint density at radius 1 is 1.05 bits per heavy atom. The first-order valence-corrected chi connectivity index (χ1v) is 6.53. The number of hydrogen-bond donors (Lipinski definition) is 1. The molecular weight excluding hydrogens is 246 g/mol. The maximum atomic E-state index is 5.95. The maximum absolute atomic E-state index is 5.95. The average Bonchev–Trinajstić information content (AvgIpc) is 2.52. The highest BCUT2D eigenvalue weighted by Gasteiger charge is 2.03. The van der Waals surface area contributed by atoms with Gasteiger partial charge in [0.15, 0.2) is 0 Å². The van der Waals surface area contributed by atoms with Crippen molar-refractivity contribution in [3.8, 4) is 18.1 Å². The second kappa shape index (κ2) is 7.83. The summed E-state index contributed by atoms with van der Waals surface area (Å²) < 4.78 is 5.95. The minimum Gasteiger partial charge on any atom is -0.457 e. The smallest absolute Gasteiger partial charge is 0.131 e. The van der Waals surface area contributed by atoms with Gasteiger partial charge in [0.2, 0.25) is 0 Å². The van der Waals surface area contributed by atoms with Crippen LogP contribution in [0.15, 0.2) is 66.7 Å². The third-order valence-electron chi connectivity index (χ3n) is 2.69. The average molecular weight is 263 g/mol. The van der Waals surface area contributed by atoms with Crippen LogP contribution in [0.1, 0.15) is 5.56 Å². The molecule has 2 rings (SSSR count). The summed E-state index contributed by atoms with van der Waals surface area (Å²) in [6.45, 7) is 1.21. The summed E-state index contributed by atoms with van der Waals surface area (Å²) in [5, 5.41) is 3.13. The number of ether oxygens (including phenoxy) is 1. The van der Waals surface area contributed by atoms with Crippen LogP contribution < -0.4 is 10.1 Å². The number of nitrogens with one attached hydrogen (secondary N) is 1. The lowest BCUT2D eigenvalue weighted by molar-refractivity contribution is 0.512. The van der Waals surface area contributed by atoms with Crippen molar-refractivity contribution in [1.82, 2.24) is 5.32 Å². The Morgan fingerprint density at radius 3 is 2.35 bits per heavy atom. The molecule has 0 unspecified atom stereocenters. The number of terminal acetylenes is 1. The van der Waals surface area contributed by atoms with E-state index in [2.05, 4.69) is 11.2 Å². The Bertz CT molecular complexity index is 582. The van der Waals surface area contributed by atoms with Crippen molar-refractivity contribution in [2.24, 2.45) is 0 Å². The van der Waals surface area contributed by atoms with Crippen LogP contribution >= 0.6 is 0 Å². The lowest BCUT2D eigenvalue weighted by Gasteiger charge is -2.10. The molecule has 0 atom stereocenters. The molecule has 0 amide bonds. The van der Waals surface area contributed by atoms with Gasteiger partial charge in [-0.2, -0.15) is 0 Å². The predicted octanol–water partition coefficient (Wildman–Crippen LogP) is 3.33. The number of benzene rings is 2. The molecule has 2 aromatic carbocycles. The molecule has 0 aliphatic carbocycles. The van der Waals surface area contributed by atoms with Crippen LogP contribution in [0.25, 0.3) is 5.76 Å². The SMILES string of the molecule is C#CCNCC=C(Oc1ccccc1)c1ccccc1. The summed E-state index contributed by atoms with van der Waals surface area (Å²) in [6, 6.07) is 19.8. The van der Waals surface area contributed by atoms with Crippen LogP contribution in [-0.4, -0.2) is 13.1 Å². The van der Waals surface area contributed by atoms with E-state index in [0.29, 0.717) is 13.1 Å². The van der Waals surface area contributed by atoms with Crippen LogP contribution in [0.2, 0.25) is 0 Å². The molecule has 0 aliphatic rings. The molecule has 0 fully saturated rings. The van der Waals surface area contributed by atoms with E-state index in [4.69, 9.17) is 11.2 Å². The zero-order valence-electron chi connectivity index (χ0n) is 11.3. The fourth-order valence-electron chi connectivity index (χ4n) is 1.75. The molecule has 1 N–H and O–H groups in total. The second-order valence-corrected chi connectivity index (χ2v) is 4.18. The van der Waals surface area contributed by atoms with Gasteiger partial charge in [0.05, 0.1) is 6.54 Å². The molecule has 2 nitrogen and oxygen atoms in total. The second-order valence-electron chi connectivity index (χ2n) is 4.18. The van der Waals surface area contributed by atoms with Crippen molar-refractivity contribution in [3.05, 3.63) is 72.3 Å². The molecule has 0 heterocycles. The zero-order valence-corrected chi connectivity index (χ0v) is 11.3. The third kappa shape index (κ3) is 4.31. The predicted molar refractivity (Wildman–Crippen MR) is 83.2 cm³/mol. The molecular formula is C18H17NO. The van der Waals surface area contributed by atoms with Gasteiger partial charge in [-0.1, -0.05) is 54.5 Å². The summed E-state index contributed by atoms with van der Waals surface area (Å²) in [5.74, 6) is 4.19. The Kier molecular flexibility index (Phi) is 5.45. The molecule has 0 saturated heterocycles. The summed E-state index contributed by atoms with van der Waals surface area (Å²) in [7, 11) is 0. The number of para-hydroxylation sites is 1. The first-order valence-electron chi connectivity index (χ1n) is 6.53. The van der Waals surface area contributed by atoms with Gasteiger partial charge in [-0.3, -0.25) is 0 Å². The van der Waals surface area contributed by atoms with Crippen molar-refractivity contribution in [3.63, 3.8) is 0 Å². The highest BCUT2D eigenvalue weighted by atomic mass is 16.5. The van der Waals surface area contributed by atoms with Crippen molar-refractivity contribution >= 4 is 5.76 Å². The molecule has 0 bridgehead atoms. The molecule has 100 valence electrons. The van der Waals surface area contributed by atoms with E-state index in [1.165, 1.54) is 0 Å². The first kappa shape index (κ1) is 13.9. The zero-order chi connectivity index (χ0) is 14.0. The van der Waals surface area contributed by atoms with E-state index in [1.807, 2.05) is 66.7 Å². The van der Waals surface area contributed by atoms with E-state index in [9.17, 15) is 0 Å². The van der Waals surface area contributed by atoms with Crippen LogP contribution in [0.5, 0.6) is 5.75 Å². The summed E-state index contributed by atoms with van der Waals surface area (Å²) in [4.78, 5) is 0. The molecule has 0 spiro atoms. The van der Waals surface area contributed by atoms with Crippen LogP contribution in [0, 0.1) is 12.3 Å². The van der Waals surface area contributed by atoms with Crippen LogP contribution in [-0.2, 0) is 0 Å². The molecule has 0 radical (unpaired) electrons. The van der Waals surface area contributed by atoms with Gasteiger partial charge in [0.25, 0.3) is 0 Å². The monoisotopic (exact) mass is 263 g/mol. The van der Waals surface area contributed by atoms with Crippen molar-refractivity contribution in [2.75, 3.05) is 13.1 Å². The van der Waals surface area contributed by atoms with E-state index in [1.54, 1.807) is 0 Å². The Labute approximate surface area is 120 Å². The molecule has 20 heavy (non-hydrogen) atoms. The minimum atomic E-state index is 0.546. The van der Waals surface area contributed by atoms with Crippen molar-refractivity contribution < 1.29 is 4.74 Å². The normalized spacial score (nSPS) is 10.8. The van der Waals surface area contributed by atoms with Gasteiger partial charge in [-0.15, -0.1) is 6.42 Å². The maximum Gasteiger partial charge on any atom is 0.131 e. The third-order valence-corrected chi connectivity index (χ3v) is 2.69. The van der Waals surface area contributed by atoms with Crippen molar-refractivity contribution in [2.45, 2.75) is 0 Å². The summed E-state index contributed by atoms with van der Waals surface area (Å²) in [6.07, 6.45) is 7.22. The molecule has 2 heteroatoms. The lowest BCUT2D eigenvalue weighted by Crippen LogP contribution is -2.14.